The molecule has 0 saturated carbocycles. The van der Waals surface area contributed by atoms with Gasteiger partial charge in [0, 0.05) is 6.54 Å². The second-order valence-electron chi connectivity index (χ2n) is 4.27. The average Bonchev–Trinajstić information content (AvgIpc) is 2.31. The third kappa shape index (κ3) is 3.32. The molecular weight excluding hydrogens is 170 g/mol. The molecule has 13 heavy (non-hydrogen) atoms. The molecule has 0 spiro atoms. The first-order valence-corrected chi connectivity index (χ1v) is 4.47. The molecule has 1 aliphatic rings. The molecular formula is C9H17NO3. The first-order valence-electron chi connectivity index (χ1n) is 4.47. The van der Waals surface area contributed by atoms with Crippen LogP contribution in [-0.4, -0.2) is 47.8 Å². The number of carbonyl (C=O) groups is 1. The minimum absolute atomic E-state index is 0.124. The van der Waals surface area contributed by atoms with E-state index >= 15 is 0 Å². The van der Waals surface area contributed by atoms with Crippen LogP contribution in [0.5, 0.6) is 0 Å². The third-order valence-electron chi connectivity index (χ3n) is 2.10. The van der Waals surface area contributed by atoms with Gasteiger partial charge in [0.25, 0.3) is 0 Å². The van der Waals surface area contributed by atoms with Crippen LogP contribution < -0.4 is 0 Å². The van der Waals surface area contributed by atoms with Crippen LogP contribution in [0.3, 0.4) is 0 Å². The molecule has 1 atom stereocenters. The molecule has 1 heterocycles. The van der Waals surface area contributed by atoms with Gasteiger partial charge in [-0.05, 0) is 20.9 Å². The zero-order valence-corrected chi connectivity index (χ0v) is 8.41. The number of carbonyl (C=O) groups excluding carboxylic acids is 1. The molecule has 0 aliphatic carbocycles. The minimum Gasteiger partial charge on any atom is -0.464 e. The van der Waals surface area contributed by atoms with Crippen molar-refractivity contribution in [2.75, 3.05) is 20.2 Å². The maximum atomic E-state index is 10.8. The lowest BCUT2D eigenvalue weighted by molar-refractivity contribution is -0.137. The number of hydrogen-bond acceptors (Lipinski definition) is 4. The monoisotopic (exact) mass is 187 g/mol. The molecule has 1 N–H and O–H groups in total. The van der Waals surface area contributed by atoms with Gasteiger partial charge in [0.15, 0.2) is 0 Å². The lowest BCUT2D eigenvalue weighted by Crippen LogP contribution is -2.42. The Balaban J connectivity index is 2.40. The Kier molecular flexibility index (Phi) is 2.93. The molecule has 0 aromatic carbocycles. The van der Waals surface area contributed by atoms with E-state index in [1.54, 1.807) is 13.8 Å². The maximum absolute atomic E-state index is 10.8. The Morgan fingerprint density at radius 1 is 1.69 bits per heavy atom. The first-order chi connectivity index (χ1) is 5.88. The second-order valence-corrected chi connectivity index (χ2v) is 4.27. The SMILES string of the molecule is CN(CC(C)(C)O)C1COC(=O)C1. The van der Waals surface area contributed by atoms with Gasteiger partial charge < -0.3 is 9.84 Å². The zero-order chi connectivity index (χ0) is 10.1. The summed E-state index contributed by atoms with van der Waals surface area (Å²) in [6.07, 6.45) is 0.437. The van der Waals surface area contributed by atoms with Crippen molar-refractivity contribution in [2.45, 2.75) is 31.9 Å². The lowest BCUT2D eigenvalue weighted by Gasteiger charge is -2.28. The summed E-state index contributed by atoms with van der Waals surface area (Å²) in [5.41, 5.74) is -0.722. The van der Waals surface area contributed by atoms with Crippen molar-refractivity contribution in [1.82, 2.24) is 4.90 Å². The van der Waals surface area contributed by atoms with Crippen LogP contribution in [0.25, 0.3) is 0 Å². The highest BCUT2D eigenvalue weighted by molar-refractivity contribution is 5.72. The molecule has 1 saturated heterocycles. The maximum Gasteiger partial charge on any atom is 0.307 e. The van der Waals surface area contributed by atoms with Crippen LogP contribution in [0.2, 0.25) is 0 Å². The largest absolute Gasteiger partial charge is 0.464 e. The fourth-order valence-electron chi connectivity index (χ4n) is 1.52. The van der Waals surface area contributed by atoms with Crippen molar-refractivity contribution in [3.05, 3.63) is 0 Å². The predicted octanol–water partition coefficient (Wildman–Crippen LogP) is 0.00460. The number of cyclic esters (lactones) is 1. The highest BCUT2D eigenvalue weighted by Gasteiger charge is 2.29. The van der Waals surface area contributed by atoms with Gasteiger partial charge in [-0.25, -0.2) is 0 Å². The fraction of sp³-hybridized carbons (Fsp3) is 0.889. The average molecular weight is 187 g/mol. The van der Waals surface area contributed by atoms with Crippen LogP contribution in [0.4, 0.5) is 0 Å². The summed E-state index contributed by atoms with van der Waals surface area (Å²) in [6, 6.07) is 0.124. The number of ether oxygens (including phenoxy) is 1. The number of likely N-dealkylation sites (N-methyl/N-ethyl adjacent to an activating group) is 1. The quantitative estimate of drug-likeness (QED) is 0.632. The zero-order valence-electron chi connectivity index (χ0n) is 8.41. The Bertz CT molecular complexity index is 198. The van der Waals surface area contributed by atoms with Gasteiger partial charge in [0.05, 0.1) is 18.1 Å². The standard InChI is InChI=1S/C9H17NO3/c1-9(2,12)6-10(3)7-4-8(11)13-5-7/h7,12H,4-6H2,1-3H3. The molecule has 4 nitrogen and oxygen atoms in total. The van der Waals surface area contributed by atoms with E-state index in [1.807, 2.05) is 11.9 Å². The summed E-state index contributed by atoms with van der Waals surface area (Å²) in [5, 5.41) is 9.55. The van der Waals surface area contributed by atoms with E-state index in [9.17, 15) is 9.90 Å². The Labute approximate surface area is 78.5 Å². The van der Waals surface area contributed by atoms with Crippen LogP contribution in [0, 0.1) is 0 Å². The highest BCUT2D eigenvalue weighted by atomic mass is 16.5. The Morgan fingerprint density at radius 3 is 2.69 bits per heavy atom. The highest BCUT2D eigenvalue weighted by Crippen LogP contribution is 2.14. The second kappa shape index (κ2) is 3.64. The molecule has 0 radical (unpaired) electrons. The molecule has 76 valence electrons. The van der Waals surface area contributed by atoms with Crippen LogP contribution in [0.1, 0.15) is 20.3 Å². The number of esters is 1. The van der Waals surface area contributed by atoms with Gasteiger partial charge >= 0.3 is 5.97 Å². The molecule has 1 fully saturated rings. The predicted molar refractivity (Wildman–Crippen MR) is 48.3 cm³/mol. The number of nitrogens with zero attached hydrogens (tertiary/aromatic N) is 1. The molecule has 1 rings (SSSR count). The van der Waals surface area contributed by atoms with Crippen molar-refractivity contribution in [2.24, 2.45) is 0 Å². The summed E-state index contributed by atoms with van der Waals surface area (Å²) in [7, 11) is 1.89. The van der Waals surface area contributed by atoms with E-state index in [0.29, 0.717) is 19.6 Å². The van der Waals surface area contributed by atoms with Crippen molar-refractivity contribution >= 4 is 5.97 Å². The Morgan fingerprint density at radius 2 is 2.31 bits per heavy atom. The number of rotatable bonds is 3. The first kappa shape index (κ1) is 10.5. The van der Waals surface area contributed by atoms with Gasteiger partial charge in [-0.15, -0.1) is 0 Å². The van der Waals surface area contributed by atoms with E-state index in [4.69, 9.17) is 4.74 Å². The van der Waals surface area contributed by atoms with Gasteiger partial charge in [0.1, 0.15) is 6.61 Å². The van der Waals surface area contributed by atoms with Crippen molar-refractivity contribution in [3.63, 3.8) is 0 Å². The van der Waals surface area contributed by atoms with E-state index in [0.717, 1.165) is 0 Å². The molecule has 0 amide bonds. The van der Waals surface area contributed by atoms with Gasteiger partial charge in [-0.1, -0.05) is 0 Å². The Hall–Kier alpha value is -0.610. The number of hydrogen-bond donors (Lipinski definition) is 1. The van der Waals surface area contributed by atoms with E-state index in [-0.39, 0.29) is 12.0 Å². The van der Waals surface area contributed by atoms with Crippen molar-refractivity contribution in [1.29, 1.82) is 0 Å². The minimum atomic E-state index is -0.722. The van der Waals surface area contributed by atoms with E-state index in [1.165, 1.54) is 0 Å². The van der Waals surface area contributed by atoms with Crippen LogP contribution in [0.15, 0.2) is 0 Å². The van der Waals surface area contributed by atoms with Crippen molar-refractivity contribution < 1.29 is 14.6 Å². The summed E-state index contributed by atoms with van der Waals surface area (Å²) in [5.74, 6) is -0.146. The van der Waals surface area contributed by atoms with Gasteiger partial charge in [-0.3, -0.25) is 9.69 Å². The summed E-state index contributed by atoms with van der Waals surface area (Å²) >= 11 is 0. The van der Waals surface area contributed by atoms with Crippen LogP contribution in [-0.2, 0) is 9.53 Å². The summed E-state index contributed by atoms with van der Waals surface area (Å²) in [6.45, 7) is 4.50. The molecule has 0 bridgehead atoms. The summed E-state index contributed by atoms with van der Waals surface area (Å²) < 4.78 is 4.84. The third-order valence-corrected chi connectivity index (χ3v) is 2.10. The van der Waals surface area contributed by atoms with Gasteiger partial charge in [0.2, 0.25) is 0 Å². The van der Waals surface area contributed by atoms with Crippen LogP contribution >= 0.6 is 0 Å². The van der Waals surface area contributed by atoms with Gasteiger partial charge in [-0.2, -0.15) is 0 Å². The molecule has 1 unspecified atom stereocenters. The molecule has 1 aliphatic heterocycles. The topological polar surface area (TPSA) is 49.8 Å². The normalized spacial score (nSPS) is 23.8. The van der Waals surface area contributed by atoms with Crippen molar-refractivity contribution in [3.8, 4) is 0 Å². The van der Waals surface area contributed by atoms with E-state index in [2.05, 4.69) is 0 Å². The molecule has 0 aromatic heterocycles. The lowest BCUT2D eigenvalue weighted by atomic mass is 10.1. The molecule has 4 heteroatoms. The fourth-order valence-corrected chi connectivity index (χ4v) is 1.52. The van der Waals surface area contributed by atoms with E-state index < -0.39 is 5.60 Å². The summed E-state index contributed by atoms with van der Waals surface area (Å²) in [4.78, 5) is 12.8. The number of aliphatic hydroxyl groups is 1. The smallest absolute Gasteiger partial charge is 0.307 e. The molecule has 0 aromatic rings.